The van der Waals surface area contributed by atoms with Gasteiger partial charge in [0.1, 0.15) is 23.1 Å². The molecule has 0 bridgehead atoms. The Morgan fingerprint density at radius 3 is 3.17 bits per heavy atom. The highest BCUT2D eigenvalue weighted by Crippen LogP contribution is 2.25. The molecule has 1 saturated heterocycles. The number of nitriles is 1. The Balaban J connectivity index is 1.66. The quantitative estimate of drug-likeness (QED) is 0.766. The number of furan rings is 1. The van der Waals surface area contributed by atoms with Gasteiger partial charge < -0.3 is 15.1 Å². The maximum Gasteiger partial charge on any atom is 0.175 e. The molecule has 0 amide bonds. The van der Waals surface area contributed by atoms with Crippen molar-refractivity contribution >= 4 is 11.5 Å². The summed E-state index contributed by atoms with van der Waals surface area (Å²) in [6.07, 6.45) is 5.76. The van der Waals surface area contributed by atoms with Crippen LogP contribution in [-0.4, -0.2) is 33.7 Å². The van der Waals surface area contributed by atoms with Crippen molar-refractivity contribution in [2.24, 2.45) is 0 Å². The molecule has 7 nitrogen and oxygen atoms in total. The number of rotatable bonds is 4. The molecule has 3 aromatic rings. The van der Waals surface area contributed by atoms with E-state index in [1.807, 2.05) is 6.07 Å². The van der Waals surface area contributed by atoms with Gasteiger partial charge in [-0.3, -0.25) is 0 Å². The highest BCUT2D eigenvalue weighted by molar-refractivity contribution is 5.72. The molecule has 0 radical (unpaired) electrons. The second-order valence-corrected chi connectivity index (χ2v) is 5.57. The minimum absolute atomic E-state index is 0.419. The summed E-state index contributed by atoms with van der Waals surface area (Å²) in [4.78, 5) is 4.53. The first-order valence-corrected chi connectivity index (χ1v) is 7.66. The van der Waals surface area contributed by atoms with Gasteiger partial charge in [0.15, 0.2) is 11.4 Å². The second-order valence-electron chi connectivity index (χ2n) is 5.57. The van der Waals surface area contributed by atoms with Crippen LogP contribution >= 0.6 is 0 Å². The van der Waals surface area contributed by atoms with E-state index in [9.17, 15) is 5.26 Å². The third-order valence-electron chi connectivity index (χ3n) is 4.04. The fraction of sp³-hybridized carbons (Fsp3) is 0.312. The van der Waals surface area contributed by atoms with E-state index in [2.05, 4.69) is 26.8 Å². The van der Waals surface area contributed by atoms with Crippen LogP contribution in [0.1, 0.15) is 18.4 Å². The van der Waals surface area contributed by atoms with Crippen molar-refractivity contribution in [3.8, 4) is 17.5 Å². The zero-order valence-corrected chi connectivity index (χ0v) is 12.5. The molecule has 2 N–H and O–H groups in total. The van der Waals surface area contributed by atoms with E-state index in [0.717, 1.165) is 18.9 Å². The van der Waals surface area contributed by atoms with E-state index in [4.69, 9.17) is 4.42 Å². The lowest BCUT2D eigenvalue weighted by molar-refractivity contribution is 0.579. The number of nitrogens with one attached hydrogen (secondary N) is 2. The van der Waals surface area contributed by atoms with Crippen molar-refractivity contribution in [3.05, 3.63) is 36.2 Å². The van der Waals surface area contributed by atoms with Crippen LogP contribution in [0.25, 0.3) is 17.1 Å². The van der Waals surface area contributed by atoms with E-state index in [-0.39, 0.29) is 0 Å². The molecule has 1 fully saturated rings. The standard InChI is InChI=1S/C16H16N6O/c17-9-12-15(13-4-2-8-23-13)21-22-7-5-14(20-16(12)22)19-10-11-3-1-6-18-11/h2,4-5,7-8,11,18H,1,3,6,10H2,(H,19,20)/t11-/m1/s1. The van der Waals surface area contributed by atoms with Crippen LogP contribution in [0.2, 0.25) is 0 Å². The lowest BCUT2D eigenvalue weighted by Crippen LogP contribution is -2.29. The molecule has 3 aromatic heterocycles. The number of hydrogen-bond donors (Lipinski definition) is 2. The molecule has 116 valence electrons. The normalized spacial score (nSPS) is 17.4. The van der Waals surface area contributed by atoms with Gasteiger partial charge in [0.2, 0.25) is 0 Å². The summed E-state index contributed by atoms with van der Waals surface area (Å²) in [7, 11) is 0. The summed E-state index contributed by atoms with van der Waals surface area (Å²) in [6.45, 7) is 1.90. The molecule has 1 atom stereocenters. The van der Waals surface area contributed by atoms with E-state index in [1.54, 1.807) is 29.1 Å². The Labute approximate surface area is 132 Å². The maximum atomic E-state index is 9.48. The molecule has 1 aliphatic heterocycles. The summed E-state index contributed by atoms with van der Waals surface area (Å²) < 4.78 is 6.96. The van der Waals surface area contributed by atoms with Gasteiger partial charge in [0, 0.05) is 18.8 Å². The van der Waals surface area contributed by atoms with Crippen molar-refractivity contribution in [2.75, 3.05) is 18.4 Å². The predicted octanol–water partition coefficient (Wildman–Crippen LogP) is 2.02. The monoisotopic (exact) mass is 308 g/mol. The zero-order chi connectivity index (χ0) is 15.6. The smallest absolute Gasteiger partial charge is 0.175 e. The minimum Gasteiger partial charge on any atom is -0.463 e. The lowest BCUT2D eigenvalue weighted by atomic mass is 10.2. The summed E-state index contributed by atoms with van der Waals surface area (Å²) >= 11 is 0. The van der Waals surface area contributed by atoms with Gasteiger partial charge in [-0.25, -0.2) is 9.50 Å². The summed E-state index contributed by atoms with van der Waals surface area (Å²) in [5, 5.41) is 20.6. The molecule has 1 aliphatic rings. The van der Waals surface area contributed by atoms with Gasteiger partial charge in [-0.05, 0) is 37.6 Å². The lowest BCUT2D eigenvalue weighted by Gasteiger charge is -2.11. The molecule has 0 aromatic carbocycles. The van der Waals surface area contributed by atoms with Crippen molar-refractivity contribution in [1.82, 2.24) is 19.9 Å². The van der Waals surface area contributed by atoms with Crippen LogP contribution in [-0.2, 0) is 0 Å². The first kappa shape index (κ1) is 13.8. The molecule has 0 spiro atoms. The number of hydrogen-bond acceptors (Lipinski definition) is 6. The fourth-order valence-corrected chi connectivity index (χ4v) is 2.88. The Morgan fingerprint density at radius 2 is 2.43 bits per heavy atom. The Morgan fingerprint density at radius 1 is 1.48 bits per heavy atom. The highest BCUT2D eigenvalue weighted by atomic mass is 16.3. The third kappa shape index (κ3) is 2.53. The van der Waals surface area contributed by atoms with Crippen molar-refractivity contribution in [3.63, 3.8) is 0 Å². The van der Waals surface area contributed by atoms with Gasteiger partial charge in [-0.2, -0.15) is 10.4 Å². The first-order chi connectivity index (χ1) is 11.3. The number of aromatic nitrogens is 3. The molecular formula is C16H16N6O. The molecule has 4 rings (SSSR count). The molecule has 0 aliphatic carbocycles. The highest BCUT2D eigenvalue weighted by Gasteiger charge is 2.18. The van der Waals surface area contributed by atoms with Crippen LogP contribution in [0.5, 0.6) is 0 Å². The summed E-state index contributed by atoms with van der Waals surface area (Å²) in [5.41, 5.74) is 1.46. The molecule has 7 heteroatoms. The van der Waals surface area contributed by atoms with Gasteiger partial charge in [-0.1, -0.05) is 0 Å². The van der Waals surface area contributed by atoms with Crippen molar-refractivity contribution in [1.29, 1.82) is 5.26 Å². The Hall–Kier alpha value is -2.85. The van der Waals surface area contributed by atoms with E-state index < -0.39 is 0 Å². The molecular weight excluding hydrogens is 292 g/mol. The molecule has 4 heterocycles. The van der Waals surface area contributed by atoms with Crippen LogP contribution in [0.4, 0.5) is 5.82 Å². The zero-order valence-electron chi connectivity index (χ0n) is 12.5. The molecule has 0 saturated carbocycles. The first-order valence-electron chi connectivity index (χ1n) is 7.66. The fourth-order valence-electron chi connectivity index (χ4n) is 2.88. The van der Waals surface area contributed by atoms with Gasteiger partial charge >= 0.3 is 0 Å². The Bertz CT molecular complexity index is 855. The average Bonchev–Trinajstić information content (AvgIpc) is 3.31. The van der Waals surface area contributed by atoms with Crippen LogP contribution < -0.4 is 10.6 Å². The number of nitrogens with zero attached hydrogens (tertiary/aromatic N) is 4. The van der Waals surface area contributed by atoms with Crippen molar-refractivity contribution < 1.29 is 4.42 Å². The van der Waals surface area contributed by atoms with Crippen LogP contribution in [0.3, 0.4) is 0 Å². The van der Waals surface area contributed by atoms with Crippen LogP contribution in [0, 0.1) is 11.3 Å². The summed E-state index contributed by atoms with van der Waals surface area (Å²) in [5.74, 6) is 1.31. The van der Waals surface area contributed by atoms with Gasteiger partial charge in [0.25, 0.3) is 0 Å². The van der Waals surface area contributed by atoms with Gasteiger partial charge in [0.05, 0.1) is 6.26 Å². The maximum absolute atomic E-state index is 9.48. The molecule has 0 unspecified atom stereocenters. The van der Waals surface area contributed by atoms with E-state index in [0.29, 0.717) is 28.7 Å². The average molecular weight is 308 g/mol. The van der Waals surface area contributed by atoms with Gasteiger partial charge in [-0.15, -0.1) is 0 Å². The largest absolute Gasteiger partial charge is 0.463 e. The minimum atomic E-state index is 0.419. The van der Waals surface area contributed by atoms with Crippen LogP contribution in [0.15, 0.2) is 35.1 Å². The second kappa shape index (κ2) is 5.74. The predicted molar refractivity (Wildman–Crippen MR) is 84.9 cm³/mol. The summed E-state index contributed by atoms with van der Waals surface area (Å²) in [6, 6.07) is 8.09. The SMILES string of the molecule is N#Cc1c(-c2ccco2)nn2ccc(NC[C@H]3CCCN3)nc12. The topological polar surface area (TPSA) is 91.2 Å². The van der Waals surface area contributed by atoms with E-state index in [1.165, 1.54) is 12.8 Å². The molecule has 23 heavy (non-hydrogen) atoms. The third-order valence-corrected chi connectivity index (χ3v) is 4.04. The van der Waals surface area contributed by atoms with Crippen molar-refractivity contribution in [2.45, 2.75) is 18.9 Å². The number of fused-ring (bicyclic) bond motifs is 1. The Kier molecular flexibility index (Phi) is 3.44. The number of anilines is 1. The van der Waals surface area contributed by atoms with E-state index >= 15 is 0 Å².